The Balaban J connectivity index is 1.81. The number of nitrogens with one attached hydrogen (secondary N) is 1. The van der Waals surface area contributed by atoms with E-state index >= 15 is 0 Å². The number of aromatic nitrogens is 1. The molecule has 0 bridgehead atoms. The summed E-state index contributed by atoms with van der Waals surface area (Å²) in [5.74, 6) is 1.05. The third kappa shape index (κ3) is 5.62. The molecule has 6 nitrogen and oxygen atoms in total. The number of carbonyl (C=O) groups is 2. The molecule has 0 aliphatic heterocycles. The summed E-state index contributed by atoms with van der Waals surface area (Å²) in [4.78, 5) is 26.2. The zero-order chi connectivity index (χ0) is 19.3. The van der Waals surface area contributed by atoms with Crippen molar-refractivity contribution in [2.75, 3.05) is 18.1 Å². The summed E-state index contributed by atoms with van der Waals surface area (Å²) in [6, 6.07) is 7.86. The third-order valence-electron chi connectivity index (χ3n) is 4.04. The number of benzene rings is 1. The van der Waals surface area contributed by atoms with E-state index in [-0.39, 0.29) is 22.8 Å². The number of anilines is 1. The zero-order valence-electron chi connectivity index (χ0n) is 15.8. The highest BCUT2D eigenvalue weighted by molar-refractivity contribution is 8.01. The summed E-state index contributed by atoms with van der Waals surface area (Å²) < 4.78 is 4.92. The van der Waals surface area contributed by atoms with E-state index in [2.05, 4.69) is 29.5 Å². The standard InChI is InChI=1S/C19H25N3O3S/c1-12-6-7-16(13(2)8-12)10-22(5)18(23)11-26-15(4)19(24)20-17-9-14(3)25-21-17/h6-9,15H,10-11H2,1-5H3,(H,20,21,24). The monoisotopic (exact) mass is 375 g/mol. The van der Waals surface area contributed by atoms with Crippen LogP contribution >= 0.6 is 11.8 Å². The van der Waals surface area contributed by atoms with Crippen LogP contribution in [0.25, 0.3) is 0 Å². The number of thioether (sulfide) groups is 1. The molecule has 1 aromatic heterocycles. The normalized spacial score (nSPS) is 11.9. The third-order valence-corrected chi connectivity index (χ3v) is 5.16. The first-order chi connectivity index (χ1) is 12.3. The molecule has 0 saturated heterocycles. The second-order valence-electron chi connectivity index (χ2n) is 6.45. The van der Waals surface area contributed by atoms with Crippen LogP contribution in [0.4, 0.5) is 5.82 Å². The summed E-state index contributed by atoms with van der Waals surface area (Å²) >= 11 is 1.30. The zero-order valence-corrected chi connectivity index (χ0v) is 16.6. The quantitative estimate of drug-likeness (QED) is 0.803. The maximum absolute atomic E-state index is 12.4. The van der Waals surface area contributed by atoms with Crippen LogP contribution in [0, 0.1) is 20.8 Å². The molecule has 1 atom stereocenters. The van der Waals surface area contributed by atoms with E-state index in [1.54, 1.807) is 31.9 Å². The summed E-state index contributed by atoms with van der Waals surface area (Å²) in [5, 5.41) is 6.04. The van der Waals surface area contributed by atoms with Gasteiger partial charge in [-0.15, -0.1) is 11.8 Å². The number of rotatable bonds is 7. The van der Waals surface area contributed by atoms with E-state index < -0.39 is 0 Å². The van der Waals surface area contributed by atoms with E-state index in [4.69, 9.17) is 4.52 Å². The average molecular weight is 375 g/mol. The van der Waals surface area contributed by atoms with Gasteiger partial charge in [0.25, 0.3) is 0 Å². The minimum absolute atomic E-state index is 0.00749. The minimum atomic E-state index is -0.370. The van der Waals surface area contributed by atoms with Crippen LogP contribution in [-0.2, 0) is 16.1 Å². The molecule has 0 saturated carbocycles. The van der Waals surface area contributed by atoms with E-state index in [0.29, 0.717) is 18.1 Å². The lowest BCUT2D eigenvalue weighted by molar-refractivity contribution is -0.127. The molecular weight excluding hydrogens is 350 g/mol. The van der Waals surface area contributed by atoms with Crippen LogP contribution in [0.1, 0.15) is 29.4 Å². The van der Waals surface area contributed by atoms with Crippen molar-refractivity contribution >= 4 is 29.4 Å². The van der Waals surface area contributed by atoms with Crippen LogP contribution < -0.4 is 5.32 Å². The van der Waals surface area contributed by atoms with Crippen molar-refractivity contribution in [3.8, 4) is 0 Å². The van der Waals surface area contributed by atoms with Gasteiger partial charge in [-0.3, -0.25) is 9.59 Å². The van der Waals surface area contributed by atoms with Gasteiger partial charge in [0, 0.05) is 19.7 Å². The van der Waals surface area contributed by atoms with Crippen LogP contribution in [0.2, 0.25) is 0 Å². The van der Waals surface area contributed by atoms with Crippen molar-refractivity contribution in [2.45, 2.75) is 39.5 Å². The molecule has 140 valence electrons. The van der Waals surface area contributed by atoms with Crippen LogP contribution in [-0.4, -0.2) is 39.9 Å². The predicted octanol–water partition coefficient (Wildman–Crippen LogP) is 3.32. The molecule has 0 aliphatic carbocycles. The molecule has 26 heavy (non-hydrogen) atoms. The van der Waals surface area contributed by atoms with Crippen molar-refractivity contribution in [3.05, 3.63) is 46.7 Å². The van der Waals surface area contributed by atoms with Crippen molar-refractivity contribution in [1.82, 2.24) is 10.1 Å². The Morgan fingerprint density at radius 1 is 1.27 bits per heavy atom. The molecule has 0 fully saturated rings. The number of carbonyl (C=O) groups excluding carboxylic acids is 2. The maximum Gasteiger partial charge on any atom is 0.238 e. The van der Waals surface area contributed by atoms with E-state index in [0.717, 1.165) is 5.56 Å². The fourth-order valence-electron chi connectivity index (χ4n) is 2.40. The lowest BCUT2D eigenvalue weighted by Crippen LogP contribution is -2.30. The smallest absolute Gasteiger partial charge is 0.238 e. The summed E-state index contributed by atoms with van der Waals surface area (Å²) in [6.45, 7) is 8.18. The van der Waals surface area contributed by atoms with Crippen molar-refractivity contribution < 1.29 is 14.1 Å². The highest BCUT2D eigenvalue weighted by atomic mass is 32.2. The molecule has 1 aromatic carbocycles. The molecule has 7 heteroatoms. The summed E-state index contributed by atoms with van der Waals surface area (Å²) in [7, 11) is 1.78. The van der Waals surface area contributed by atoms with Gasteiger partial charge in [0.15, 0.2) is 5.82 Å². The molecular formula is C19H25N3O3S. The average Bonchev–Trinajstić information content (AvgIpc) is 2.99. The number of hydrogen-bond donors (Lipinski definition) is 1. The van der Waals surface area contributed by atoms with Crippen LogP contribution in [0.3, 0.4) is 0 Å². The van der Waals surface area contributed by atoms with E-state index in [1.165, 1.54) is 22.9 Å². The van der Waals surface area contributed by atoms with Gasteiger partial charge in [-0.05, 0) is 38.8 Å². The largest absolute Gasteiger partial charge is 0.360 e. The van der Waals surface area contributed by atoms with E-state index in [9.17, 15) is 9.59 Å². The first kappa shape index (κ1) is 20.0. The summed E-state index contributed by atoms with van der Waals surface area (Å²) in [5.41, 5.74) is 3.51. The number of hydrogen-bond acceptors (Lipinski definition) is 5. The maximum atomic E-state index is 12.4. The van der Waals surface area contributed by atoms with Gasteiger partial charge in [0.2, 0.25) is 11.8 Å². The van der Waals surface area contributed by atoms with Gasteiger partial charge in [0.1, 0.15) is 5.76 Å². The molecule has 1 heterocycles. The minimum Gasteiger partial charge on any atom is -0.360 e. The molecule has 0 radical (unpaired) electrons. The molecule has 2 amide bonds. The van der Waals surface area contributed by atoms with Crippen LogP contribution in [0.5, 0.6) is 0 Å². The first-order valence-electron chi connectivity index (χ1n) is 8.42. The lowest BCUT2D eigenvalue weighted by Gasteiger charge is -2.19. The number of nitrogens with zero attached hydrogens (tertiary/aromatic N) is 2. The highest BCUT2D eigenvalue weighted by Gasteiger charge is 2.18. The number of aryl methyl sites for hydroxylation is 3. The summed E-state index contributed by atoms with van der Waals surface area (Å²) in [6.07, 6.45) is 0. The number of amides is 2. The van der Waals surface area contributed by atoms with Gasteiger partial charge in [0.05, 0.1) is 11.0 Å². The van der Waals surface area contributed by atoms with Crippen molar-refractivity contribution in [3.63, 3.8) is 0 Å². The second kappa shape index (κ2) is 8.89. The first-order valence-corrected chi connectivity index (χ1v) is 9.47. The molecule has 2 rings (SSSR count). The fraction of sp³-hybridized carbons (Fsp3) is 0.421. The Hall–Kier alpha value is -2.28. The SMILES string of the molecule is Cc1ccc(CN(C)C(=O)CSC(C)C(=O)Nc2cc(C)on2)c(C)c1. The van der Waals surface area contributed by atoms with Gasteiger partial charge in [-0.25, -0.2) is 0 Å². The molecule has 0 aliphatic rings. The lowest BCUT2D eigenvalue weighted by atomic mass is 10.1. The Kier molecular flexibility index (Phi) is 6.85. The fourth-order valence-corrected chi connectivity index (χ4v) is 3.23. The molecule has 0 spiro atoms. The Morgan fingerprint density at radius 3 is 2.62 bits per heavy atom. The van der Waals surface area contributed by atoms with Gasteiger partial charge >= 0.3 is 0 Å². The highest BCUT2D eigenvalue weighted by Crippen LogP contribution is 2.17. The van der Waals surface area contributed by atoms with Crippen molar-refractivity contribution in [1.29, 1.82) is 0 Å². The predicted molar refractivity (Wildman–Crippen MR) is 104 cm³/mol. The van der Waals surface area contributed by atoms with E-state index in [1.807, 2.05) is 13.0 Å². The Bertz CT molecular complexity index is 788. The molecule has 1 unspecified atom stereocenters. The Labute approximate surface area is 158 Å². The molecule has 1 N–H and O–H groups in total. The van der Waals surface area contributed by atoms with Crippen molar-refractivity contribution in [2.24, 2.45) is 0 Å². The van der Waals surface area contributed by atoms with Crippen LogP contribution in [0.15, 0.2) is 28.8 Å². The van der Waals surface area contributed by atoms with Gasteiger partial charge in [-0.1, -0.05) is 28.9 Å². The second-order valence-corrected chi connectivity index (χ2v) is 7.77. The van der Waals surface area contributed by atoms with Gasteiger partial charge < -0.3 is 14.7 Å². The molecule has 2 aromatic rings. The topological polar surface area (TPSA) is 75.4 Å². The van der Waals surface area contributed by atoms with Gasteiger partial charge in [-0.2, -0.15) is 0 Å². The Morgan fingerprint density at radius 2 is 2.00 bits per heavy atom.